The van der Waals surface area contributed by atoms with Gasteiger partial charge in [0.05, 0.1) is 17.5 Å². The molecule has 0 aliphatic carbocycles. The Morgan fingerprint density at radius 3 is 2.49 bits per heavy atom. The molecular weight excluding hydrogens is 504 g/mol. The van der Waals surface area contributed by atoms with Crippen LogP contribution in [0.4, 0.5) is 17.6 Å². The number of aromatic nitrogens is 1. The number of methoxy groups -OCH3 is 1. The highest BCUT2D eigenvalue weighted by atomic mass is 32.2. The zero-order chi connectivity index (χ0) is 26.6. The predicted octanol–water partition coefficient (Wildman–Crippen LogP) is 6.63. The Balaban J connectivity index is 1.33. The molecule has 200 valence electrons. The molecule has 4 rings (SSSR count). The first kappa shape index (κ1) is 27.7. The van der Waals surface area contributed by atoms with Gasteiger partial charge in [-0.1, -0.05) is 0 Å². The highest BCUT2D eigenvalue weighted by molar-refractivity contribution is 7.99. The molecule has 1 fully saturated rings. The molecule has 1 aromatic heterocycles. The summed E-state index contributed by atoms with van der Waals surface area (Å²) >= 11 is 1.03. The SMILES string of the molecule is COc1ccc2ncc(C)c(C(F)CCC3(CO)CCN(CCSc4c(F)cc(F)cc4F)CC3)c2c1. The molecule has 0 radical (unpaired) electrons. The summed E-state index contributed by atoms with van der Waals surface area (Å²) in [5, 5.41) is 11.0. The third-order valence-corrected chi connectivity index (χ3v) is 8.49. The van der Waals surface area contributed by atoms with Gasteiger partial charge in [-0.25, -0.2) is 17.6 Å². The maximum absolute atomic E-state index is 15.7. The number of pyridine rings is 1. The number of benzene rings is 2. The molecule has 2 heterocycles. The Bertz CT molecular complexity index is 1210. The molecule has 1 saturated heterocycles. The number of fused-ring (bicyclic) bond motifs is 1. The number of hydrogen-bond acceptors (Lipinski definition) is 5. The molecule has 4 nitrogen and oxygen atoms in total. The van der Waals surface area contributed by atoms with Crippen LogP contribution in [0.3, 0.4) is 0 Å². The number of hydrogen-bond donors (Lipinski definition) is 1. The monoisotopic (exact) mass is 536 g/mol. The van der Waals surface area contributed by atoms with Crippen LogP contribution in [0.2, 0.25) is 0 Å². The van der Waals surface area contributed by atoms with E-state index >= 15 is 4.39 Å². The fourth-order valence-electron chi connectivity index (χ4n) is 5.09. The number of ether oxygens (including phenoxy) is 1. The van der Waals surface area contributed by atoms with E-state index in [1.54, 1.807) is 19.4 Å². The van der Waals surface area contributed by atoms with E-state index in [1.807, 2.05) is 19.1 Å². The number of aryl methyl sites for hydroxylation is 1. The number of aliphatic hydroxyl groups excluding tert-OH is 1. The minimum atomic E-state index is -1.20. The van der Waals surface area contributed by atoms with Gasteiger partial charge in [0.25, 0.3) is 0 Å². The van der Waals surface area contributed by atoms with Gasteiger partial charge in [0.15, 0.2) is 0 Å². The molecular formula is C28H32F4N2O2S. The van der Waals surface area contributed by atoms with E-state index in [0.29, 0.717) is 73.6 Å². The van der Waals surface area contributed by atoms with E-state index in [-0.39, 0.29) is 23.3 Å². The summed E-state index contributed by atoms with van der Waals surface area (Å²) in [4.78, 5) is 6.42. The van der Waals surface area contributed by atoms with Crippen molar-refractivity contribution in [2.75, 3.05) is 39.1 Å². The van der Waals surface area contributed by atoms with Crippen LogP contribution in [0, 0.1) is 29.8 Å². The lowest BCUT2D eigenvalue weighted by Gasteiger charge is -2.41. The number of piperidine rings is 1. The van der Waals surface area contributed by atoms with E-state index in [4.69, 9.17) is 4.74 Å². The maximum Gasteiger partial charge on any atom is 0.142 e. The van der Waals surface area contributed by atoms with E-state index in [0.717, 1.165) is 22.7 Å². The van der Waals surface area contributed by atoms with Crippen LogP contribution in [0.25, 0.3) is 10.9 Å². The van der Waals surface area contributed by atoms with E-state index in [2.05, 4.69) is 9.88 Å². The summed E-state index contributed by atoms with van der Waals surface area (Å²) in [6, 6.07) is 6.83. The Kier molecular flexibility index (Phi) is 8.98. The van der Waals surface area contributed by atoms with Gasteiger partial charge >= 0.3 is 0 Å². The zero-order valence-corrected chi connectivity index (χ0v) is 21.9. The second kappa shape index (κ2) is 12.0. The second-order valence-electron chi connectivity index (χ2n) is 9.79. The van der Waals surface area contributed by atoms with E-state index < -0.39 is 23.6 Å². The van der Waals surface area contributed by atoms with Gasteiger partial charge < -0.3 is 14.7 Å². The van der Waals surface area contributed by atoms with Gasteiger partial charge in [0.2, 0.25) is 0 Å². The van der Waals surface area contributed by atoms with Crippen molar-refractivity contribution < 1.29 is 27.4 Å². The van der Waals surface area contributed by atoms with E-state index in [9.17, 15) is 18.3 Å². The first-order valence-electron chi connectivity index (χ1n) is 12.4. The molecule has 1 N–H and O–H groups in total. The highest BCUT2D eigenvalue weighted by Gasteiger charge is 2.35. The molecule has 3 aromatic rings. The molecule has 37 heavy (non-hydrogen) atoms. The summed E-state index contributed by atoms with van der Waals surface area (Å²) < 4.78 is 61.8. The van der Waals surface area contributed by atoms with Crippen molar-refractivity contribution in [2.45, 2.75) is 43.7 Å². The van der Waals surface area contributed by atoms with Crippen LogP contribution in [0.15, 0.2) is 41.4 Å². The molecule has 0 spiro atoms. The quantitative estimate of drug-likeness (QED) is 0.233. The number of aliphatic hydroxyl groups is 1. The van der Waals surface area contributed by atoms with Gasteiger partial charge in [0.1, 0.15) is 29.4 Å². The van der Waals surface area contributed by atoms with Crippen molar-refractivity contribution >= 4 is 22.7 Å². The van der Waals surface area contributed by atoms with Crippen molar-refractivity contribution in [2.24, 2.45) is 5.41 Å². The molecule has 0 saturated carbocycles. The molecule has 2 aromatic carbocycles. The Morgan fingerprint density at radius 1 is 1.14 bits per heavy atom. The number of halogens is 4. The second-order valence-corrected chi connectivity index (χ2v) is 10.9. The Labute approximate surface area is 219 Å². The average molecular weight is 537 g/mol. The van der Waals surface area contributed by atoms with Gasteiger partial charge in [-0.2, -0.15) is 0 Å². The van der Waals surface area contributed by atoms with Crippen LogP contribution in [-0.2, 0) is 0 Å². The van der Waals surface area contributed by atoms with E-state index in [1.165, 1.54) is 0 Å². The van der Waals surface area contributed by atoms with Crippen molar-refractivity contribution in [1.82, 2.24) is 9.88 Å². The molecule has 0 bridgehead atoms. The number of thioether (sulfide) groups is 1. The molecule has 1 aliphatic heterocycles. The number of nitrogens with zero attached hydrogens (tertiary/aromatic N) is 2. The minimum Gasteiger partial charge on any atom is -0.497 e. The van der Waals surface area contributed by atoms with Crippen LogP contribution in [0.1, 0.15) is 43.0 Å². The maximum atomic E-state index is 15.7. The van der Waals surface area contributed by atoms with Crippen LogP contribution < -0.4 is 4.74 Å². The average Bonchev–Trinajstić information content (AvgIpc) is 2.89. The van der Waals surface area contributed by atoms with Crippen LogP contribution in [0.5, 0.6) is 5.75 Å². The number of rotatable bonds is 10. The number of likely N-dealkylation sites (tertiary alicyclic amines) is 1. The largest absolute Gasteiger partial charge is 0.497 e. The Hall–Kier alpha value is -2.36. The van der Waals surface area contributed by atoms with Crippen molar-refractivity contribution in [3.05, 3.63) is 65.1 Å². The summed E-state index contributed by atoms with van der Waals surface area (Å²) in [5.41, 5.74) is 1.75. The summed E-state index contributed by atoms with van der Waals surface area (Å²) in [7, 11) is 1.58. The Morgan fingerprint density at radius 2 is 1.84 bits per heavy atom. The standard InChI is InChI=1S/C28H32F4N2O2S/c1-18-16-33-25-4-3-20(36-2)15-21(25)26(18)22(30)5-6-28(17-35)7-9-34(10-8-28)11-12-37-27-23(31)13-19(29)14-24(27)32/h3-4,13-16,22,35H,5-12,17H2,1-2H3. The first-order chi connectivity index (χ1) is 17.7. The number of alkyl halides is 1. The smallest absolute Gasteiger partial charge is 0.142 e. The summed E-state index contributed by atoms with van der Waals surface area (Å²) in [6.07, 6.45) is 2.76. The first-order valence-corrected chi connectivity index (χ1v) is 13.4. The highest BCUT2D eigenvalue weighted by Crippen LogP contribution is 2.41. The van der Waals surface area contributed by atoms with Gasteiger partial charge in [0, 0.05) is 42.6 Å². The molecule has 1 unspecified atom stereocenters. The van der Waals surface area contributed by atoms with Gasteiger partial charge in [-0.3, -0.25) is 4.98 Å². The molecule has 1 atom stereocenters. The topological polar surface area (TPSA) is 45.6 Å². The normalized spacial score (nSPS) is 16.7. The molecule has 0 amide bonds. The fraction of sp³-hybridized carbons (Fsp3) is 0.464. The van der Waals surface area contributed by atoms with Gasteiger partial charge in [-0.05, 0) is 80.4 Å². The van der Waals surface area contributed by atoms with Crippen LogP contribution >= 0.6 is 11.8 Å². The lowest BCUT2D eigenvalue weighted by Crippen LogP contribution is -2.42. The molecule has 1 aliphatic rings. The predicted molar refractivity (Wildman–Crippen MR) is 138 cm³/mol. The molecule has 9 heteroatoms. The third-order valence-electron chi connectivity index (χ3n) is 7.43. The zero-order valence-electron chi connectivity index (χ0n) is 21.1. The van der Waals surface area contributed by atoms with Gasteiger partial charge in [-0.15, -0.1) is 11.8 Å². The van der Waals surface area contributed by atoms with Crippen LogP contribution in [-0.4, -0.2) is 54.1 Å². The minimum absolute atomic E-state index is 0.0157. The lowest BCUT2D eigenvalue weighted by atomic mass is 9.74. The van der Waals surface area contributed by atoms with Crippen molar-refractivity contribution in [3.8, 4) is 5.75 Å². The fourth-order valence-corrected chi connectivity index (χ4v) is 6.04. The third kappa shape index (κ3) is 6.38. The van der Waals surface area contributed by atoms with Crippen molar-refractivity contribution in [1.29, 1.82) is 0 Å². The summed E-state index contributed by atoms with van der Waals surface area (Å²) in [6.45, 7) is 3.87. The lowest BCUT2D eigenvalue weighted by molar-refractivity contribution is 0.0323. The summed E-state index contributed by atoms with van der Waals surface area (Å²) in [5.74, 6) is -1.61. The van der Waals surface area contributed by atoms with Crippen molar-refractivity contribution in [3.63, 3.8) is 0 Å².